The van der Waals surface area contributed by atoms with Crippen molar-refractivity contribution in [3.8, 4) is 6.07 Å². The molecule has 1 fully saturated rings. The van der Waals surface area contributed by atoms with Crippen LogP contribution in [0.2, 0.25) is 0 Å². The molecule has 0 saturated carbocycles. The highest BCUT2D eigenvalue weighted by molar-refractivity contribution is 5.74. The Bertz CT molecular complexity index is 499. The Hall–Kier alpha value is -2.09. The van der Waals surface area contributed by atoms with Crippen molar-refractivity contribution in [2.45, 2.75) is 19.8 Å². The number of carboxylic acids is 1. The van der Waals surface area contributed by atoms with E-state index in [1.807, 2.05) is 4.90 Å². The van der Waals surface area contributed by atoms with Gasteiger partial charge in [0.15, 0.2) is 0 Å². The van der Waals surface area contributed by atoms with Crippen LogP contribution in [0.1, 0.15) is 25.3 Å². The largest absolute Gasteiger partial charge is 0.481 e. The molecule has 1 saturated heterocycles. The smallest absolute Gasteiger partial charge is 0.309 e. The van der Waals surface area contributed by atoms with Gasteiger partial charge >= 0.3 is 5.97 Å². The lowest BCUT2D eigenvalue weighted by atomic mass is 9.80. The van der Waals surface area contributed by atoms with E-state index in [0.29, 0.717) is 37.3 Å². The van der Waals surface area contributed by atoms with Crippen molar-refractivity contribution in [3.63, 3.8) is 0 Å². The molecule has 0 bridgehead atoms. The molecule has 1 aliphatic rings. The second kappa shape index (κ2) is 4.65. The predicted molar refractivity (Wildman–Crippen MR) is 66.1 cm³/mol. The lowest BCUT2D eigenvalue weighted by Gasteiger charge is -2.37. The number of pyridine rings is 1. The van der Waals surface area contributed by atoms with E-state index >= 15 is 0 Å². The van der Waals surface area contributed by atoms with Crippen LogP contribution in [0.25, 0.3) is 0 Å². The molecule has 18 heavy (non-hydrogen) atoms. The van der Waals surface area contributed by atoms with Crippen molar-refractivity contribution in [2.75, 3.05) is 18.0 Å². The van der Waals surface area contributed by atoms with E-state index in [4.69, 9.17) is 10.4 Å². The number of anilines is 1. The van der Waals surface area contributed by atoms with Crippen molar-refractivity contribution < 1.29 is 9.90 Å². The zero-order valence-electron chi connectivity index (χ0n) is 10.3. The van der Waals surface area contributed by atoms with E-state index in [-0.39, 0.29) is 0 Å². The molecule has 1 aromatic rings. The summed E-state index contributed by atoms with van der Waals surface area (Å²) >= 11 is 0. The molecule has 0 atom stereocenters. The van der Waals surface area contributed by atoms with Crippen molar-refractivity contribution in [1.82, 2.24) is 4.98 Å². The Morgan fingerprint density at radius 2 is 2.22 bits per heavy atom. The van der Waals surface area contributed by atoms with Gasteiger partial charge in [0.2, 0.25) is 0 Å². The lowest BCUT2D eigenvalue weighted by molar-refractivity contribution is -0.149. The summed E-state index contributed by atoms with van der Waals surface area (Å²) in [5, 5.41) is 18.2. The fourth-order valence-electron chi connectivity index (χ4n) is 2.16. The summed E-state index contributed by atoms with van der Waals surface area (Å²) in [5.74, 6) is -0.0869. The van der Waals surface area contributed by atoms with Gasteiger partial charge in [0.1, 0.15) is 11.9 Å². The van der Waals surface area contributed by atoms with Gasteiger partial charge < -0.3 is 10.0 Å². The van der Waals surface area contributed by atoms with E-state index in [9.17, 15) is 4.79 Å². The van der Waals surface area contributed by atoms with Crippen LogP contribution in [0.3, 0.4) is 0 Å². The maximum atomic E-state index is 11.2. The van der Waals surface area contributed by atoms with Gasteiger partial charge in [-0.05, 0) is 31.9 Å². The van der Waals surface area contributed by atoms with Gasteiger partial charge in [0, 0.05) is 19.3 Å². The summed E-state index contributed by atoms with van der Waals surface area (Å²) in [7, 11) is 0. The van der Waals surface area contributed by atoms with Crippen LogP contribution in [0.15, 0.2) is 18.3 Å². The zero-order valence-corrected chi connectivity index (χ0v) is 10.3. The highest BCUT2D eigenvalue weighted by Crippen LogP contribution is 2.33. The molecule has 0 amide bonds. The summed E-state index contributed by atoms with van der Waals surface area (Å²) < 4.78 is 0. The lowest BCUT2D eigenvalue weighted by Crippen LogP contribution is -2.43. The summed E-state index contributed by atoms with van der Waals surface area (Å²) in [6.45, 7) is 3.01. The SMILES string of the molecule is CC1(C(=O)O)CCN(c2ncccc2C#N)CC1. The average molecular weight is 245 g/mol. The number of piperidine rings is 1. The number of hydrogen-bond donors (Lipinski definition) is 1. The van der Waals surface area contributed by atoms with Gasteiger partial charge in [0.05, 0.1) is 11.0 Å². The van der Waals surface area contributed by atoms with Crippen LogP contribution in [0, 0.1) is 16.7 Å². The second-order valence-corrected chi connectivity index (χ2v) is 4.84. The van der Waals surface area contributed by atoms with Crippen LogP contribution in [0.4, 0.5) is 5.82 Å². The van der Waals surface area contributed by atoms with E-state index in [1.165, 1.54) is 0 Å². The van der Waals surface area contributed by atoms with Crippen LogP contribution in [0.5, 0.6) is 0 Å². The summed E-state index contributed by atoms with van der Waals surface area (Å²) in [6.07, 6.45) is 2.80. The minimum absolute atomic E-state index is 0.538. The summed E-state index contributed by atoms with van der Waals surface area (Å²) in [5.41, 5.74) is -0.116. The highest BCUT2D eigenvalue weighted by Gasteiger charge is 2.37. The highest BCUT2D eigenvalue weighted by atomic mass is 16.4. The Kier molecular flexibility index (Phi) is 3.19. The average Bonchev–Trinajstić information content (AvgIpc) is 2.39. The van der Waals surface area contributed by atoms with Crippen molar-refractivity contribution >= 4 is 11.8 Å². The molecule has 0 unspecified atom stereocenters. The first-order valence-corrected chi connectivity index (χ1v) is 5.90. The fourth-order valence-corrected chi connectivity index (χ4v) is 2.16. The Morgan fingerprint density at radius 3 is 2.78 bits per heavy atom. The molecule has 5 nitrogen and oxygen atoms in total. The van der Waals surface area contributed by atoms with Crippen LogP contribution >= 0.6 is 0 Å². The Labute approximate surface area is 106 Å². The fraction of sp³-hybridized carbons (Fsp3) is 0.462. The molecular formula is C13H15N3O2. The molecule has 1 aromatic heterocycles. The number of rotatable bonds is 2. The maximum Gasteiger partial charge on any atom is 0.309 e. The first kappa shape index (κ1) is 12.4. The predicted octanol–water partition coefficient (Wildman–Crippen LogP) is 1.64. The van der Waals surface area contributed by atoms with Crippen LogP contribution < -0.4 is 4.90 Å². The third-order valence-corrected chi connectivity index (χ3v) is 3.59. The first-order valence-electron chi connectivity index (χ1n) is 5.90. The van der Waals surface area contributed by atoms with Gasteiger partial charge in [-0.15, -0.1) is 0 Å². The van der Waals surface area contributed by atoms with Gasteiger partial charge in [-0.3, -0.25) is 4.79 Å². The van der Waals surface area contributed by atoms with E-state index < -0.39 is 11.4 Å². The van der Waals surface area contributed by atoms with Gasteiger partial charge in [-0.25, -0.2) is 4.98 Å². The topological polar surface area (TPSA) is 77.2 Å². The molecule has 2 heterocycles. The van der Waals surface area contributed by atoms with E-state index in [0.717, 1.165) is 0 Å². The van der Waals surface area contributed by atoms with Crippen molar-refractivity contribution in [1.29, 1.82) is 5.26 Å². The number of carbonyl (C=O) groups is 1. The molecule has 2 rings (SSSR count). The van der Waals surface area contributed by atoms with Gasteiger partial charge in [0.25, 0.3) is 0 Å². The molecule has 1 N–H and O–H groups in total. The number of carboxylic acid groups (broad SMARTS) is 1. The third kappa shape index (κ3) is 2.14. The zero-order chi connectivity index (χ0) is 13.2. The Balaban J connectivity index is 2.15. The summed E-state index contributed by atoms with van der Waals surface area (Å²) in [6, 6.07) is 5.57. The molecule has 0 aliphatic carbocycles. The van der Waals surface area contributed by atoms with Crippen molar-refractivity contribution in [3.05, 3.63) is 23.9 Å². The monoisotopic (exact) mass is 245 g/mol. The number of nitriles is 1. The minimum Gasteiger partial charge on any atom is -0.481 e. The second-order valence-electron chi connectivity index (χ2n) is 4.84. The number of nitrogens with zero attached hydrogens (tertiary/aromatic N) is 3. The van der Waals surface area contributed by atoms with Crippen LogP contribution in [-0.4, -0.2) is 29.1 Å². The standard InChI is InChI=1S/C13H15N3O2/c1-13(12(17)18)4-7-16(8-5-13)11-10(9-14)3-2-6-15-11/h2-3,6H,4-5,7-8H2,1H3,(H,17,18). The number of aliphatic carboxylic acids is 1. The quantitative estimate of drug-likeness (QED) is 0.857. The molecule has 0 radical (unpaired) electrons. The van der Waals surface area contributed by atoms with Crippen molar-refractivity contribution in [2.24, 2.45) is 5.41 Å². The van der Waals surface area contributed by atoms with E-state index in [1.54, 1.807) is 25.3 Å². The third-order valence-electron chi connectivity index (χ3n) is 3.59. The molecule has 5 heteroatoms. The summed E-state index contributed by atoms with van der Waals surface area (Å²) in [4.78, 5) is 17.4. The normalized spacial score (nSPS) is 18.1. The molecule has 1 aliphatic heterocycles. The first-order chi connectivity index (χ1) is 8.57. The molecule has 94 valence electrons. The Morgan fingerprint density at radius 1 is 1.56 bits per heavy atom. The van der Waals surface area contributed by atoms with Crippen LogP contribution in [-0.2, 0) is 4.79 Å². The minimum atomic E-state index is -0.747. The van der Waals surface area contributed by atoms with E-state index in [2.05, 4.69) is 11.1 Å². The van der Waals surface area contributed by atoms with Gasteiger partial charge in [-0.2, -0.15) is 5.26 Å². The maximum absolute atomic E-state index is 11.2. The number of aromatic nitrogens is 1. The number of hydrogen-bond acceptors (Lipinski definition) is 4. The molecular weight excluding hydrogens is 230 g/mol. The molecule has 0 spiro atoms. The van der Waals surface area contributed by atoms with Gasteiger partial charge in [-0.1, -0.05) is 0 Å². The molecule has 0 aromatic carbocycles.